The summed E-state index contributed by atoms with van der Waals surface area (Å²) in [6, 6.07) is 0. The van der Waals surface area contributed by atoms with Gasteiger partial charge in [-0.3, -0.25) is 4.57 Å². The number of hydrogen-bond acceptors (Lipinski definition) is 5. The first kappa shape index (κ1) is 13.1. The van der Waals surface area contributed by atoms with Crippen LogP contribution in [0.15, 0.2) is 5.16 Å². The number of sulfonamides is 1. The Morgan fingerprint density at radius 1 is 1.38 bits per heavy atom. The van der Waals surface area contributed by atoms with Crippen molar-refractivity contribution in [3.05, 3.63) is 5.82 Å². The Bertz CT molecular complexity index is 440. The maximum absolute atomic E-state index is 11.2. The first-order valence-corrected chi connectivity index (χ1v) is 6.58. The Morgan fingerprint density at radius 3 is 2.56 bits per heavy atom. The Morgan fingerprint density at radius 2 is 2.06 bits per heavy atom. The Labute approximate surface area is 94.7 Å². The third kappa shape index (κ3) is 3.00. The molecule has 0 aliphatic heterocycles. The van der Waals surface area contributed by atoms with Gasteiger partial charge in [-0.05, 0) is 13.3 Å². The topological polar surface area (TPSA) is 100 Å². The van der Waals surface area contributed by atoms with Gasteiger partial charge < -0.3 is 4.74 Å². The monoisotopic (exact) mass is 248 g/mol. The zero-order chi connectivity index (χ0) is 12.2. The molecule has 0 amide bonds. The summed E-state index contributed by atoms with van der Waals surface area (Å²) in [4.78, 5) is 0. The van der Waals surface area contributed by atoms with Crippen LogP contribution in [-0.2, 0) is 27.9 Å². The smallest absolute Gasteiger partial charge is 0.273 e. The Balaban J connectivity index is 3.07. The minimum Gasteiger partial charge on any atom is -0.374 e. The summed E-state index contributed by atoms with van der Waals surface area (Å²) in [7, 11) is -3.83. The summed E-state index contributed by atoms with van der Waals surface area (Å²) >= 11 is 0. The highest BCUT2D eigenvalue weighted by Crippen LogP contribution is 2.09. The van der Waals surface area contributed by atoms with Gasteiger partial charge >= 0.3 is 0 Å². The highest BCUT2D eigenvalue weighted by molar-refractivity contribution is 7.89. The molecule has 0 aromatic carbocycles. The van der Waals surface area contributed by atoms with Crippen LogP contribution in [-0.4, -0.2) is 29.8 Å². The summed E-state index contributed by atoms with van der Waals surface area (Å²) in [6.45, 7) is 5.04. The van der Waals surface area contributed by atoms with Gasteiger partial charge in [0.05, 0.1) is 0 Å². The Kier molecular flexibility index (Phi) is 4.39. The normalized spacial score (nSPS) is 11.9. The van der Waals surface area contributed by atoms with Gasteiger partial charge in [0.2, 0.25) is 0 Å². The second-order valence-electron chi connectivity index (χ2n) is 3.23. The summed E-state index contributed by atoms with van der Waals surface area (Å²) in [5.41, 5.74) is 0. The summed E-state index contributed by atoms with van der Waals surface area (Å²) in [6.07, 6.45) is 0.764. The molecule has 0 unspecified atom stereocenters. The molecule has 1 rings (SSSR count). The molecule has 2 N–H and O–H groups in total. The van der Waals surface area contributed by atoms with Crippen LogP contribution in [0.5, 0.6) is 0 Å². The van der Waals surface area contributed by atoms with Crippen molar-refractivity contribution < 1.29 is 13.2 Å². The van der Waals surface area contributed by atoms with E-state index in [1.807, 2.05) is 13.8 Å². The molecule has 0 radical (unpaired) electrons. The largest absolute Gasteiger partial charge is 0.374 e. The molecule has 1 heterocycles. The fraction of sp³-hybridized carbons (Fsp3) is 0.750. The van der Waals surface area contributed by atoms with Crippen LogP contribution < -0.4 is 5.14 Å². The van der Waals surface area contributed by atoms with Crippen LogP contribution in [0.3, 0.4) is 0 Å². The van der Waals surface area contributed by atoms with Crippen molar-refractivity contribution in [3.8, 4) is 0 Å². The van der Waals surface area contributed by atoms with E-state index in [9.17, 15) is 8.42 Å². The molecule has 0 atom stereocenters. The van der Waals surface area contributed by atoms with E-state index in [0.29, 0.717) is 19.0 Å². The van der Waals surface area contributed by atoms with E-state index in [4.69, 9.17) is 9.88 Å². The number of nitrogens with zero attached hydrogens (tertiary/aromatic N) is 3. The molecule has 0 fully saturated rings. The van der Waals surface area contributed by atoms with E-state index in [-0.39, 0.29) is 11.8 Å². The average molecular weight is 248 g/mol. The van der Waals surface area contributed by atoms with E-state index in [1.165, 1.54) is 4.57 Å². The molecule has 92 valence electrons. The molecule has 16 heavy (non-hydrogen) atoms. The minimum absolute atomic E-state index is 0.205. The van der Waals surface area contributed by atoms with Crippen LogP contribution in [0.1, 0.15) is 26.1 Å². The van der Waals surface area contributed by atoms with Gasteiger partial charge in [0.15, 0.2) is 5.82 Å². The number of ether oxygens (including phenoxy) is 1. The highest BCUT2D eigenvalue weighted by atomic mass is 32.2. The molecule has 0 bridgehead atoms. The molecule has 0 aliphatic carbocycles. The predicted octanol–water partition coefficient (Wildman–Crippen LogP) is -0.128. The van der Waals surface area contributed by atoms with Gasteiger partial charge in [-0.15, -0.1) is 10.2 Å². The predicted molar refractivity (Wildman–Crippen MR) is 57.0 cm³/mol. The zero-order valence-electron chi connectivity index (χ0n) is 9.38. The lowest BCUT2D eigenvalue weighted by molar-refractivity contribution is 0.125. The Hall–Kier alpha value is -0.990. The molecular formula is C8H16N4O3S. The lowest BCUT2D eigenvalue weighted by Crippen LogP contribution is -2.19. The number of nitrogens with two attached hydrogens (primary N) is 1. The van der Waals surface area contributed by atoms with E-state index in [0.717, 1.165) is 6.42 Å². The maximum Gasteiger partial charge on any atom is 0.273 e. The van der Waals surface area contributed by atoms with Crippen molar-refractivity contribution in [2.24, 2.45) is 5.14 Å². The first-order chi connectivity index (χ1) is 7.50. The van der Waals surface area contributed by atoms with Crippen molar-refractivity contribution in [2.75, 3.05) is 6.61 Å². The van der Waals surface area contributed by atoms with Crippen molar-refractivity contribution >= 4 is 10.0 Å². The summed E-state index contributed by atoms with van der Waals surface area (Å²) < 4.78 is 29.1. The van der Waals surface area contributed by atoms with Crippen molar-refractivity contribution in [1.82, 2.24) is 14.8 Å². The SMILES string of the molecule is CCCn1c(COCC)nnc1S(N)(=O)=O. The molecule has 1 aromatic heterocycles. The zero-order valence-corrected chi connectivity index (χ0v) is 10.2. The molecule has 0 saturated carbocycles. The molecule has 0 saturated heterocycles. The third-order valence-electron chi connectivity index (χ3n) is 1.93. The van der Waals surface area contributed by atoms with E-state index < -0.39 is 10.0 Å². The van der Waals surface area contributed by atoms with Crippen molar-refractivity contribution in [1.29, 1.82) is 0 Å². The molecule has 1 aromatic rings. The molecule has 0 spiro atoms. The molecular weight excluding hydrogens is 232 g/mol. The summed E-state index contributed by atoms with van der Waals surface area (Å²) in [5.74, 6) is 0.479. The average Bonchev–Trinajstić information content (AvgIpc) is 2.58. The highest BCUT2D eigenvalue weighted by Gasteiger charge is 2.20. The minimum atomic E-state index is -3.83. The second-order valence-corrected chi connectivity index (χ2v) is 4.69. The molecule has 0 aliphatic rings. The second kappa shape index (κ2) is 5.37. The van der Waals surface area contributed by atoms with Gasteiger partial charge in [0.1, 0.15) is 6.61 Å². The van der Waals surface area contributed by atoms with Crippen molar-refractivity contribution in [2.45, 2.75) is 38.6 Å². The molecule has 7 nitrogen and oxygen atoms in total. The van der Waals surface area contributed by atoms with Crippen LogP contribution in [0.2, 0.25) is 0 Å². The van der Waals surface area contributed by atoms with Gasteiger partial charge in [-0.25, -0.2) is 13.6 Å². The number of hydrogen-bond donors (Lipinski definition) is 1. The fourth-order valence-corrected chi connectivity index (χ4v) is 1.94. The quantitative estimate of drug-likeness (QED) is 0.756. The van der Waals surface area contributed by atoms with E-state index >= 15 is 0 Å². The number of rotatable bonds is 6. The molecule has 8 heteroatoms. The number of primary sulfonamides is 1. The van der Waals surface area contributed by atoms with Crippen molar-refractivity contribution in [3.63, 3.8) is 0 Å². The van der Waals surface area contributed by atoms with Crippen LogP contribution in [0.4, 0.5) is 0 Å². The van der Waals surface area contributed by atoms with Gasteiger partial charge in [0.25, 0.3) is 15.2 Å². The number of aromatic nitrogens is 3. The maximum atomic E-state index is 11.2. The van der Waals surface area contributed by atoms with E-state index in [1.54, 1.807) is 0 Å². The van der Waals surface area contributed by atoms with Gasteiger partial charge in [-0.1, -0.05) is 6.92 Å². The first-order valence-electron chi connectivity index (χ1n) is 5.03. The third-order valence-corrected chi connectivity index (χ3v) is 2.74. The fourth-order valence-electron chi connectivity index (χ4n) is 1.28. The lowest BCUT2D eigenvalue weighted by Gasteiger charge is -2.07. The standard InChI is InChI=1S/C8H16N4O3S/c1-3-5-12-7(6-15-4-2)10-11-8(12)16(9,13)14/h3-6H2,1-2H3,(H2,9,13,14). The lowest BCUT2D eigenvalue weighted by atomic mass is 10.4. The van der Waals surface area contributed by atoms with Gasteiger partial charge in [0, 0.05) is 13.2 Å². The van der Waals surface area contributed by atoms with E-state index in [2.05, 4.69) is 10.2 Å². The van der Waals surface area contributed by atoms with Crippen LogP contribution in [0.25, 0.3) is 0 Å². The van der Waals surface area contributed by atoms with Gasteiger partial charge in [-0.2, -0.15) is 0 Å². The summed E-state index contributed by atoms with van der Waals surface area (Å²) in [5, 5.41) is 12.2. The van der Waals surface area contributed by atoms with Crippen LogP contribution in [0, 0.1) is 0 Å². The van der Waals surface area contributed by atoms with Crippen LogP contribution >= 0.6 is 0 Å².